The van der Waals surface area contributed by atoms with Gasteiger partial charge in [-0.2, -0.15) is 0 Å². The molecule has 0 fully saturated rings. The van der Waals surface area contributed by atoms with E-state index in [1.54, 1.807) is 0 Å². The first kappa shape index (κ1) is 23.7. The molecule has 0 bridgehead atoms. The molecular weight excluding hydrogens is 276 g/mol. The lowest BCUT2D eigenvalue weighted by atomic mass is 9.89. The van der Waals surface area contributed by atoms with E-state index in [-0.39, 0.29) is 0 Å². The van der Waals surface area contributed by atoms with Crippen molar-refractivity contribution in [2.24, 2.45) is 0 Å². The van der Waals surface area contributed by atoms with E-state index >= 15 is 0 Å². The third-order valence-corrected chi connectivity index (χ3v) is 3.45. The first-order valence-corrected chi connectivity index (χ1v) is 9.21. The van der Waals surface area contributed by atoms with Gasteiger partial charge in [-0.25, -0.2) is 0 Å². The summed E-state index contributed by atoms with van der Waals surface area (Å²) in [5.74, 6) is 0. The average Bonchev–Trinajstić information content (AvgIpc) is 3.11. The molecule has 0 radical (unpaired) electrons. The second-order valence-electron chi connectivity index (χ2n) is 4.96. The van der Waals surface area contributed by atoms with Crippen LogP contribution in [0.2, 0.25) is 0 Å². The summed E-state index contributed by atoms with van der Waals surface area (Å²) in [4.78, 5) is 0. The van der Waals surface area contributed by atoms with Crippen molar-refractivity contribution in [2.75, 3.05) is 0 Å². The van der Waals surface area contributed by atoms with Gasteiger partial charge in [-0.3, -0.25) is 0 Å². The van der Waals surface area contributed by atoms with E-state index in [4.69, 9.17) is 0 Å². The fraction of sp³-hybridized carbons (Fsp3) is 0.478. The fourth-order valence-electron chi connectivity index (χ4n) is 2.20. The molecule has 0 atom stereocenters. The monoisotopic (exact) mass is 314 g/mol. The summed E-state index contributed by atoms with van der Waals surface area (Å²) >= 11 is 0. The van der Waals surface area contributed by atoms with Gasteiger partial charge in [-0.1, -0.05) is 90.2 Å². The van der Waals surface area contributed by atoms with Crippen LogP contribution in [0.4, 0.5) is 0 Å². The number of hydrogen-bond acceptors (Lipinski definition) is 0. The molecule has 0 unspecified atom stereocenters. The molecule has 0 aliphatic heterocycles. The Bertz CT molecular complexity index is 476. The molecule has 0 spiro atoms. The predicted molar refractivity (Wildman–Crippen MR) is 110 cm³/mol. The third kappa shape index (κ3) is 8.59. The van der Waals surface area contributed by atoms with Crippen molar-refractivity contribution in [3.05, 3.63) is 70.9 Å². The highest BCUT2D eigenvalue weighted by Crippen LogP contribution is 2.31. The van der Waals surface area contributed by atoms with Crippen LogP contribution in [0.5, 0.6) is 0 Å². The van der Waals surface area contributed by atoms with E-state index in [0.29, 0.717) is 0 Å². The minimum atomic E-state index is 1.04. The second-order valence-corrected chi connectivity index (χ2v) is 4.96. The molecule has 0 saturated carbocycles. The van der Waals surface area contributed by atoms with Crippen molar-refractivity contribution in [3.8, 4) is 0 Å². The second kappa shape index (κ2) is 15.3. The van der Waals surface area contributed by atoms with E-state index in [1.165, 1.54) is 22.3 Å². The van der Waals surface area contributed by atoms with Gasteiger partial charge < -0.3 is 0 Å². The third-order valence-electron chi connectivity index (χ3n) is 3.45. The maximum Gasteiger partial charge on any atom is -0.0124 e. The Morgan fingerprint density at radius 3 is 2.13 bits per heavy atom. The van der Waals surface area contributed by atoms with Crippen LogP contribution < -0.4 is 0 Å². The Balaban J connectivity index is 0. The summed E-state index contributed by atoms with van der Waals surface area (Å²) in [6.07, 6.45) is 16.5. The Kier molecular flexibility index (Phi) is 15.8. The summed E-state index contributed by atoms with van der Waals surface area (Å²) in [6.45, 7) is 20.8. The molecule has 1 rings (SSSR count). The quantitative estimate of drug-likeness (QED) is 0.434. The molecule has 0 aromatic heterocycles. The van der Waals surface area contributed by atoms with Crippen molar-refractivity contribution in [3.63, 3.8) is 0 Å². The van der Waals surface area contributed by atoms with Gasteiger partial charge >= 0.3 is 0 Å². The summed E-state index contributed by atoms with van der Waals surface area (Å²) < 4.78 is 0. The molecule has 1 aliphatic rings. The van der Waals surface area contributed by atoms with Crippen molar-refractivity contribution in [2.45, 2.75) is 74.7 Å². The van der Waals surface area contributed by atoms with Crippen LogP contribution in [0.3, 0.4) is 0 Å². The van der Waals surface area contributed by atoms with Crippen LogP contribution in [-0.2, 0) is 0 Å². The van der Waals surface area contributed by atoms with Gasteiger partial charge in [0.2, 0.25) is 0 Å². The zero-order chi connectivity index (χ0) is 18.3. The maximum atomic E-state index is 4.11. The van der Waals surface area contributed by atoms with Crippen molar-refractivity contribution in [1.29, 1.82) is 0 Å². The molecule has 0 aromatic carbocycles. The molecule has 0 aromatic rings. The van der Waals surface area contributed by atoms with Crippen LogP contribution in [0.15, 0.2) is 70.9 Å². The fourth-order valence-corrected chi connectivity index (χ4v) is 2.20. The van der Waals surface area contributed by atoms with E-state index in [2.05, 4.69) is 70.7 Å². The molecule has 130 valence electrons. The number of allylic oxidation sites excluding steroid dienone is 11. The van der Waals surface area contributed by atoms with Gasteiger partial charge in [-0.15, -0.1) is 0 Å². The lowest BCUT2D eigenvalue weighted by Gasteiger charge is -2.15. The molecule has 0 heterocycles. The summed E-state index contributed by atoms with van der Waals surface area (Å²) in [6, 6.07) is 0. The van der Waals surface area contributed by atoms with Crippen LogP contribution in [0.1, 0.15) is 74.7 Å². The first-order chi connectivity index (χ1) is 11.1. The molecule has 0 saturated heterocycles. The Morgan fingerprint density at radius 2 is 1.74 bits per heavy atom. The first-order valence-electron chi connectivity index (χ1n) is 9.21. The highest BCUT2D eigenvalue weighted by Gasteiger charge is 2.13. The van der Waals surface area contributed by atoms with Crippen LogP contribution in [0, 0.1) is 0 Å². The molecule has 23 heavy (non-hydrogen) atoms. The van der Waals surface area contributed by atoms with Gasteiger partial charge in [0.1, 0.15) is 0 Å². The molecule has 1 aliphatic carbocycles. The molecular formula is C23H38. The van der Waals surface area contributed by atoms with Gasteiger partial charge in [0.25, 0.3) is 0 Å². The number of hydrogen-bond donors (Lipinski definition) is 0. The zero-order valence-corrected chi connectivity index (χ0v) is 16.8. The van der Waals surface area contributed by atoms with Crippen LogP contribution in [0.25, 0.3) is 0 Å². The highest BCUT2D eigenvalue weighted by molar-refractivity contribution is 5.59. The van der Waals surface area contributed by atoms with E-state index < -0.39 is 0 Å². The number of rotatable bonds is 6. The lowest BCUT2D eigenvalue weighted by molar-refractivity contribution is 1.09. The summed E-state index contributed by atoms with van der Waals surface area (Å²) in [5, 5.41) is 0. The predicted octanol–water partition coefficient (Wildman–Crippen LogP) is 8.12. The van der Waals surface area contributed by atoms with Crippen molar-refractivity contribution < 1.29 is 0 Å². The Labute approximate surface area is 146 Å². The minimum Gasteiger partial charge on any atom is -0.0958 e. The van der Waals surface area contributed by atoms with E-state index in [1.807, 2.05) is 27.7 Å². The zero-order valence-electron chi connectivity index (χ0n) is 16.8. The SMILES string of the molecule is C=C(C)\C(C)=C(C1=CCC=C1)/C(=C/C=C\CC)CC.CC.CC. The molecule has 0 nitrogen and oxygen atoms in total. The van der Waals surface area contributed by atoms with Crippen molar-refractivity contribution in [1.82, 2.24) is 0 Å². The topological polar surface area (TPSA) is 0 Å². The summed E-state index contributed by atoms with van der Waals surface area (Å²) in [5.41, 5.74) is 6.55. The standard InChI is InChI=1S/C19H26.2C2H6/c1-6-8-9-12-17(7-2)19(16(5)15(3)4)18-13-10-11-14-18;2*1-2/h8-10,12-14H,3,6-7,11H2,1-2,4-5H3;2*1-2H3/b9-8-,17-12+,19-16+;;. The molecule has 0 heteroatoms. The van der Waals surface area contributed by atoms with Crippen molar-refractivity contribution >= 4 is 0 Å². The Hall–Kier alpha value is -1.56. The normalized spacial score (nSPS) is 14.4. The smallest absolute Gasteiger partial charge is 0.0124 e. The van der Waals surface area contributed by atoms with Gasteiger partial charge in [0.05, 0.1) is 0 Å². The maximum absolute atomic E-state index is 4.11. The molecule has 0 amide bonds. The largest absolute Gasteiger partial charge is 0.0958 e. The van der Waals surface area contributed by atoms with Crippen LogP contribution in [-0.4, -0.2) is 0 Å². The lowest BCUT2D eigenvalue weighted by Crippen LogP contribution is -1.97. The van der Waals surface area contributed by atoms with E-state index in [9.17, 15) is 0 Å². The van der Waals surface area contributed by atoms with Crippen LogP contribution >= 0.6 is 0 Å². The average molecular weight is 315 g/mol. The van der Waals surface area contributed by atoms with Gasteiger partial charge in [0, 0.05) is 0 Å². The van der Waals surface area contributed by atoms with E-state index in [0.717, 1.165) is 24.8 Å². The Morgan fingerprint density at radius 1 is 1.13 bits per heavy atom. The van der Waals surface area contributed by atoms with Gasteiger partial charge in [0.15, 0.2) is 0 Å². The molecule has 0 N–H and O–H groups in total. The minimum absolute atomic E-state index is 1.04. The highest BCUT2D eigenvalue weighted by atomic mass is 14.2. The summed E-state index contributed by atoms with van der Waals surface area (Å²) in [7, 11) is 0. The van der Waals surface area contributed by atoms with Gasteiger partial charge in [-0.05, 0) is 55.4 Å².